The molecule has 3 nitrogen and oxygen atoms in total. The molecule has 0 N–H and O–H groups in total. The highest BCUT2D eigenvalue weighted by atomic mass is 16.1. The van der Waals surface area contributed by atoms with E-state index in [1.807, 2.05) is 6.07 Å². The summed E-state index contributed by atoms with van der Waals surface area (Å²) < 4.78 is 0. The van der Waals surface area contributed by atoms with Crippen LogP contribution in [0.25, 0.3) is 0 Å². The summed E-state index contributed by atoms with van der Waals surface area (Å²) in [4.78, 5) is 16.9. The van der Waals surface area contributed by atoms with Crippen molar-refractivity contribution in [3.8, 4) is 0 Å². The van der Waals surface area contributed by atoms with Crippen LogP contribution in [0, 0.1) is 5.92 Å². The molecule has 1 aliphatic rings. The summed E-state index contributed by atoms with van der Waals surface area (Å²) in [6.45, 7) is 4.48. The van der Waals surface area contributed by atoms with Gasteiger partial charge in [-0.25, -0.2) is 0 Å². The molecule has 1 fully saturated rings. The Bertz CT molecular complexity index is 334. The van der Waals surface area contributed by atoms with E-state index in [0.29, 0.717) is 5.69 Å². The van der Waals surface area contributed by atoms with Gasteiger partial charge in [0.05, 0.1) is 11.9 Å². The summed E-state index contributed by atoms with van der Waals surface area (Å²) in [5.41, 5.74) is 1.64. The SMILES string of the molecule is CC1CCCN(c2ccc(C=O)nc2)C1. The Labute approximate surface area is 90.1 Å². The first-order valence-corrected chi connectivity index (χ1v) is 5.46. The van der Waals surface area contributed by atoms with Crippen LogP contribution < -0.4 is 4.90 Å². The summed E-state index contributed by atoms with van der Waals surface area (Å²) in [6.07, 6.45) is 5.14. The zero-order valence-corrected chi connectivity index (χ0v) is 9.02. The third kappa shape index (κ3) is 2.35. The zero-order chi connectivity index (χ0) is 10.7. The molecule has 1 aliphatic heterocycles. The molecule has 2 heterocycles. The lowest BCUT2D eigenvalue weighted by Gasteiger charge is -2.32. The first-order chi connectivity index (χ1) is 7.29. The minimum atomic E-state index is 0.504. The van der Waals surface area contributed by atoms with E-state index in [1.165, 1.54) is 12.8 Å². The minimum absolute atomic E-state index is 0.504. The van der Waals surface area contributed by atoms with Gasteiger partial charge in [0.15, 0.2) is 6.29 Å². The molecule has 0 saturated carbocycles. The van der Waals surface area contributed by atoms with Crippen LogP contribution in [0.2, 0.25) is 0 Å². The molecule has 15 heavy (non-hydrogen) atoms. The predicted molar refractivity (Wildman–Crippen MR) is 60.2 cm³/mol. The lowest BCUT2D eigenvalue weighted by Crippen LogP contribution is -2.34. The van der Waals surface area contributed by atoms with Crippen LogP contribution in [0.3, 0.4) is 0 Å². The molecular weight excluding hydrogens is 188 g/mol. The smallest absolute Gasteiger partial charge is 0.168 e. The summed E-state index contributed by atoms with van der Waals surface area (Å²) >= 11 is 0. The number of hydrogen-bond donors (Lipinski definition) is 0. The third-order valence-corrected chi connectivity index (χ3v) is 2.91. The van der Waals surface area contributed by atoms with Crippen molar-refractivity contribution in [1.29, 1.82) is 0 Å². The normalized spacial score (nSPS) is 21.4. The van der Waals surface area contributed by atoms with E-state index in [0.717, 1.165) is 31.0 Å². The molecule has 3 heteroatoms. The standard InChI is InChI=1S/C12H16N2O/c1-10-3-2-6-14(8-10)12-5-4-11(9-15)13-7-12/h4-5,7,9-10H,2-3,6,8H2,1H3. The summed E-state index contributed by atoms with van der Waals surface area (Å²) in [7, 11) is 0. The van der Waals surface area contributed by atoms with Crippen molar-refractivity contribution in [3.63, 3.8) is 0 Å². The van der Waals surface area contributed by atoms with E-state index >= 15 is 0 Å². The number of anilines is 1. The van der Waals surface area contributed by atoms with Crippen LogP contribution in [0.1, 0.15) is 30.3 Å². The topological polar surface area (TPSA) is 33.2 Å². The number of pyridine rings is 1. The molecule has 1 aromatic rings. The number of carbonyl (C=O) groups is 1. The van der Waals surface area contributed by atoms with Crippen LogP contribution >= 0.6 is 0 Å². The maximum absolute atomic E-state index is 10.5. The van der Waals surface area contributed by atoms with E-state index in [1.54, 1.807) is 12.3 Å². The van der Waals surface area contributed by atoms with Crippen molar-refractivity contribution in [1.82, 2.24) is 4.98 Å². The molecule has 80 valence electrons. The van der Waals surface area contributed by atoms with Crippen LogP contribution in [-0.4, -0.2) is 24.4 Å². The molecule has 2 rings (SSSR count). The zero-order valence-electron chi connectivity index (χ0n) is 9.02. The monoisotopic (exact) mass is 204 g/mol. The molecule has 1 saturated heterocycles. The number of nitrogens with zero attached hydrogens (tertiary/aromatic N) is 2. The highest BCUT2D eigenvalue weighted by molar-refractivity contribution is 5.72. The van der Waals surface area contributed by atoms with Gasteiger partial charge < -0.3 is 4.90 Å². The van der Waals surface area contributed by atoms with E-state index in [-0.39, 0.29) is 0 Å². The molecule has 0 aromatic carbocycles. The quantitative estimate of drug-likeness (QED) is 0.692. The molecule has 1 aromatic heterocycles. The Morgan fingerprint density at radius 2 is 2.40 bits per heavy atom. The van der Waals surface area contributed by atoms with Gasteiger partial charge >= 0.3 is 0 Å². The fourth-order valence-electron chi connectivity index (χ4n) is 2.08. The molecule has 1 atom stereocenters. The number of aldehydes is 1. The van der Waals surface area contributed by atoms with Crippen molar-refractivity contribution in [2.45, 2.75) is 19.8 Å². The van der Waals surface area contributed by atoms with Gasteiger partial charge in [0.2, 0.25) is 0 Å². The van der Waals surface area contributed by atoms with E-state index in [9.17, 15) is 4.79 Å². The van der Waals surface area contributed by atoms with Gasteiger partial charge in [0.25, 0.3) is 0 Å². The first kappa shape index (κ1) is 10.1. The van der Waals surface area contributed by atoms with E-state index < -0.39 is 0 Å². The average molecular weight is 204 g/mol. The van der Waals surface area contributed by atoms with Gasteiger partial charge in [0.1, 0.15) is 5.69 Å². The molecule has 0 aliphatic carbocycles. The van der Waals surface area contributed by atoms with Crippen molar-refractivity contribution in [3.05, 3.63) is 24.0 Å². The van der Waals surface area contributed by atoms with Gasteiger partial charge in [0, 0.05) is 13.1 Å². The van der Waals surface area contributed by atoms with Crippen molar-refractivity contribution in [2.75, 3.05) is 18.0 Å². The molecule has 0 bridgehead atoms. The van der Waals surface area contributed by atoms with Gasteiger partial charge in [-0.1, -0.05) is 6.92 Å². The van der Waals surface area contributed by atoms with E-state index in [4.69, 9.17) is 0 Å². The summed E-state index contributed by atoms with van der Waals surface area (Å²) in [5.74, 6) is 0.754. The van der Waals surface area contributed by atoms with Gasteiger partial charge in [-0.05, 0) is 30.9 Å². The lowest BCUT2D eigenvalue weighted by atomic mass is 10.00. The molecule has 0 amide bonds. The van der Waals surface area contributed by atoms with E-state index in [2.05, 4.69) is 16.8 Å². The highest BCUT2D eigenvalue weighted by Crippen LogP contribution is 2.21. The average Bonchev–Trinajstić information content (AvgIpc) is 2.29. The predicted octanol–water partition coefficient (Wildman–Crippen LogP) is 2.13. The fourth-order valence-corrected chi connectivity index (χ4v) is 2.08. The Hall–Kier alpha value is -1.38. The number of rotatable bonds is 2. The Balaban J connectivity index is 2.11. The van der Waals surface area contributed by atoms with Crippen LogP contribution in [-0.2, 0) is 0 Å². The first-order valence-electron chi connectivity index (χ1n) is 5.46. The van der Waals surface area contributed by atoms with Crippen LogP contribution in [0.5, 0.6) is 0 Å². The van der Waals surface area contributed by atoms with Crippen molar-refractivity contribution >= 4 is 12.0 Å². The summed E-state index contributed by atoms with van der Waals surface area (Å²) in [6, 6.07) is 3.76. The van der Waals surface area contributed by atoms with Crippen LogP contribution in [0.15, 0.2) is 18.3 Å². The largest absolute Gasteiger partial charge is 0.370 e. The van der Waals surface area contributed by atoms with Crippen molar-refractivity contribution < 1.29 is 4.79 Å². The molecule has 0 radical (unpaired) electrons. The summed E-state index contributed by atoms with van der Waals surface area (Å²) in [5, 5.41) is 0. The Morgan fingerprint density at radius 1 is 1.53 bits per heavy atom. The highest BCUT2D eigenvalue weighted by Gasteiger charge is 2.16. The number of piperidine rings is 1. The second-order valence-corrected chi connectivity index (χ2v) is 4.25. The second-order valence-electron chi connectivity index (χ2n) is 4.25. The minimum Gasteiger partial charge on any atom is -0.370 e. The van der Waals surface area contributed by atoms with Crippen molar-refractivity contribution in [2.24, 2.45) is 5.92 Å². The number of aromatic nitrogens is 1. The molecular formula is C12H16N2O. The second kappa shape index (κ2) is 4.43. The number of hydrogen-bond acceptors (Lipinski definition) is 3. The van der Waals surface area contributed by atoms with Crippen LogP contribution in [0.4, 0.5) is 5.69 Å². The number of carbonyl (C=O) groups excluding carboxylic acids is 1. The Morgan fingerprint density at radius 3 is 3.00 bits per heavy atom. The Kier molecular flexibility index (Phi) is 2.99. The third-order valence-electron chi connectivity index (χ3n) is 2.91. The van der Waals surface area contributed by atoms with Gasteiger partial charge in [-0.3, -0.25) is 9.78 Å². The molecule has 0 spiro atoms. The maximum Gasteiger partial charge on any atom is 0.168 e. The molecule has 1 unspecified atom stereocenters. The fraction of sp³-hybridized carbons (Fsp3) is 0.500. The maximum atomic E-state index is 10.5. The van der Waals surface area contributed by atoms with Gasteiger partial charge in [-0.2, -0.15) is 0 Å². The lowest BCUT2D eigenvalue weighted by molar-refractivity contribution is 0.111. The van der Waals surface area contributed by atoms with Gasteiger partial charge in [-0.15, -0.1) is 0 Å².